The second kappa shape index (κ2) is 9.31. The predicted molar refractivity (Wildman–Crippen MR) is 148 cm³/mol. The van der Waals surface area contributed by atoms with Gasteiger partial charge in [-0.15, -0.1) is 0 Å². The number of fused-ring (bicyclic) bond motifs is 3. The Balaban J connectivity index is 1.91. The highest BCUT2D eigenvalue weighted by Gasteiger charge is 2.59. The average molecular weight is 503 g/mol. The van der Waals surface area contributed by atoms with Gasteiger partial charge in [0.15, 0.2) is 11.6 Å². The molecule has 1 N–H and O–H groups in total. The molecule has 1 aromatic carbocycles. The molecule has 4 rings (SSSR count). The quantitative estimate of drug-likeness (QED) is 0.495. The standard InChI is InChI=1S/C33H42O4/c1-15(2)11-22(34)14-23-17(5)12-24-20(8)28-29(31(36)27(24)19(23)7)21(9)33(10)25(30(28)35)13-18(6)26(16(3)4)32(33)37/h12,15,20,25,28,30,35H,3,11,13-14H2,1-2,4-10H3/t20-,25+,28+,30+,33-/m1/s1. The Kier molecular flexibility index (Phi) is 6.90. The van der Waals surface area contributed by atoms with Gasteiger partial charge in [0.2, 0.25) is 0 Å². The Morgan fingerprint density at radius 3 is 2.38 bits per heavy atom. The van der Waals surface area contributed by atoms with Gasteiger partial charge in [0.1, 0.15) is 5.78 Å². The topological polar surface area (TPSA) is 71.4 Å². The van der Waals surface area contributed by atoms with E-state index in [2.05, 4.69) is 19.6 Å². The molecule has 0 unspecified atom stereocenters. The summed E-state index contributed by atoms with van der Waals surface area (Å²) in [5, 5.41) is 11.8. The third kappa shape index (κ3) is 3.94. The van der Waals surface area contributed by atoms with Crippen molar-refractivity contribution >= 4 is 17.3 Å². The molecule has 0 saturated heterocycles. The molecule has 3 aliphatic carbocycles. The van der Waals surface area contributed by atoms with Gasteiger partial charge in [-0.2, -0.15) is 0 Å². The van der Waals surface area contributed by atoms with Gasteiger partial charge in [0.25, 0.3) is 0 Å². The van der Waals surface area contributed by atoms with Crippen molar-refractivity contribution in [2.45, 2.75) is 93.6 Å². The van der Waals surface area contributed by atoms with Gasteiger partial charge < -0.3 is 5.11 Å². The van der Waals surface area contributed by atoms with Crippen molar-refractivity contribution in [2.75, 3.05) is 0 Å². The van der Waals surface area contributed by atoms with Crippen LogP contribution >= 0.6 is 0 Å². The molecular formula is C33H42O4. The summed E-state index contributed by atoms with van der Waals surface area (Å²) in [4.78, 5) is 41.0. The Bertz CT molecular complexity index is 1300. The van der Waals surface area contributed by atoms with Crippen LogP contribution in [0.4, 0.5) is 0 Å². The van der Waals surface area contributed by atoms with Crippen LogP contribution in [-0.4, -0.2) is 28.6 Å². The number of benzene rings is 1. The number of aliphatic hydroxyl groups excluding tert-OH is 1. The van der Waals surface area contributed by atoms with Gasteiger partial charge in [0, 0.05) is 41.4 Å². The molecule has 0 bridgehead atoms. The zero-order valence-corrected chi connectivity index (χ0v) is 24.0. The van der Waals surface area contributed by atoms with E-state index in [4.69, 9.17) is 0 Å². The number of hydrogen-bond acceptors (Lipinski definition) is 4. The molecule has 198 valence electrons. The molecule has 0 aliphatic heterocycles. The van der Waals surface area contributed by atoms with Gasteiger partial charge in [-0.3, -0.25) is 14.4 Å². The van der Waals surface area contributed by atoms with E-state index in [1.54, 1.807) is 0 Å². The zero-order chi connectivity index (χ0) is 27.7. The first kappa shape index (κ1) is 27.4. The molecule has 0 heterocycles. The normalized spacial score (nSPS) is 29.4. The molecule has 37 heavy (non-hydrogen) atoms. The van der Waals surface area contributed by atoms with Crippen LogP contribution < -0.4 is 0 Å². The van der Waals surface area contributed by atoms with Crippen LogP contribution in [0.5, 0.6) is 0 Å². The number of hydrogen-bond donors (Lipinski definition) is 1. The number of aryl methyl sites for hydroxylation is 1. The summed E-state index contributed by atoms with van der Waals surface area (Å²) in [6.07, 6.45) is 0.627. The number of allylic oxidation sites excluding steroid dienone is 4. The van der Waals surface area contributed by atoms with E-state index in [0.29, 0.717) is 36.0 Å². The van der Waals surface area contributed by atoms with Crippen LogP contribution in [-0.2, 0) is 16.0 Å². The summed E-state index contributed by atoms with van der Waals surface area (Å²) >= 11 is 0. The van der Waals surface area contributed by atoms with Crippen LogP contribution in [0, 0.1) is 37.0 Å². The lowest BCUT2D eigenvalue weighted by molar-refractivity contribution is -0.130. The van der Waals surface area contributed by atoms with E-state index in [-0.39, 0.29) is 41.0 Å². The first-order chi connectivity index (χ1) is 17.1. The molecule has 0 aromatic heterocycles. The lowest BCUT2D eigenvalue weighted by Gasteiger charge is -2.53. The Morgan fingerprint density at radius 2 is 1.81 bits per heavy atom. The fourth-order valence-corrected chi connectivity index (χ4v) is 7.59. The highest BCUT2D eigenvalue weighted by atomic mass is 16.3. The fourth-order valence-electron chi connectivity index (χ4n) is 7.59. The second-order valence-electron chi connectivity index (χ2n) is 12.5. The smallest absolute Gasteiger partial charge is 0.189 e. The third-order valence-electron chi connectivity index (χ3n) is 9.59. The average Bonchev–Trinajstić information content (AvgIpc) is 2.78. The highest BCUT2D eigenvalue weighted by molar-refractivity contribution is 6.15. The molecule has 0 radical (unpaired) electrons. The zero-order valence-electron chi connectivity index (χ0n) is 24.0. The molecule has 0 fully saturated rings. The van der Waals surface area contributed by atoms with Crippen molar-refractivity contribution in [2.24, 2.45) is 23.2 Å². The van der Waals surface area contributed by atoms with E-state index in [9.17, 15) is 19.5 Å². The number of carbonyl (C=O) groups excluding carboxylic acids is 3. The predicted octanol–water partition coefficient (Wildman–Crippen LogP) is 6.56. The van der Waals surface area contributed by atoms with Gasteiger partial charge in [0.05, 0.1) is 11.5 Å². The highest BCUT2D eigenvalue weighted by Crippen LogP contribution is 2.59. The Labute approximate surface area is 221 Å². The summed E-state index contributed by atoms with van der Waals surface area (Å²) in [5.74, 6) is -0.411. The van der Waals surface area contributed by atoms with Crippen molar-refractivity contribution in [3.05, 3.63) is 68.3 Å². The monoisotopic (exact) mass is 502 g/mol. The van der Waals surface area contributed by atoms with Crippen LogP contribution in [0.25, 0.3) is 0 Å². The molecule has 3 aliphatic rings. The first-order valence-electron chi connectivity index (χ1n) is 13.6. The number of rotatable bonds is 5. The number of ketones is 3. The van der Waals surface area contributed by atoms with Crippen molar-refractivity contribution < 1.29 is 19.5 Å². The number of aliphatic hydroxyl groups is 1. The Morgan fingerprint density at radius 1 is 1.19 bits per heavy atom. The largest absolute Gasteiger partial charge is 0.392 e. The van der Waals surface area contributed by atoms with Crippen LogP contribution in [0.2, 0.25) is 0 Å². The van der Waals surface area contributed by atoms with Crippen molar-refractivity contribution in [3.63, 3.8) is 0 Å². The van der Waals surface area contributed by atoms with Crippen molar-refractivity contribution in [1.82, 2.24) is 0 Å². The van der Waals surface area contributed by atoms with E-state index >= 15 is 0 Å². The summed E-state index contributed by atoms with van der Waals surface area (Å²) in [6, 6.07) is 2.06. The lowest BCUT2D eigenvalue weighted by atomic mass is 9.50. The SMILES string of the molecule is C=C(C)C1=C(C)C[C@H]2[C@H](O)[C@@H]3C(=C(C)[C@@]2(C)C1=O)C(=O)c1c(cc(C)c(CC(=O)CC(C)C)c1C)[C@H]3C. The minimum Gasteiger partial charge on any atom is -0.392 e. The molecular weight excluding hydrogens is 460 g/mol. The minimum atomic E-state index is -0.958. The molecule has 0 saturated carbocycles. The maximum atomic E-state index is 14.3. The van der Waals surface area contributed by atoms with Gasteiger partial charge in [-0.1, -0.05) is 44.6 Å². The van der Waals surface area contributed by atoms with E-state index in [1.165, 1.54) is 0 Å². The van der Waals surface area contributed by atoms with Gasteiger partial charge in [-0.25, -0.2) is 0 Å². The third-order valence-corrected chi connectivity index (χ3v) is 9.59. The molecule has 4 nitrogen and oxygen atoms in total. The number of Topliss-reactive ketones (excluding diaryl/α,β-unsaturated/α-hetero) is 3. The minimum absolute atomic E-state index is 0.0388. The maximum Gasteiger partial charge on any atom is 0.189 e. The summed E-state index contributed by atoms with van der Waals surface area (Å²) in [7, 11) is 0. The second-order valence-corrected chi connectivity index (χ2v) is 12.5. The summed E-state index contributed by atoms with van der Waals surface area (Å²) in [6.45, 7) is 21.8. The molecule has 0 spiro atoms. The molecule has 1 aromatic rings. The van der Waals surface area contributed by atoms with E-state index in [1.807, 2.05) is 55.4 Å². The van der Waals surface area contributed by atoms with Crippen LogP contribution in [0.1, 0.15) is 99.8 Å². The molecule has 4 heteroatoms. The van der Waals surface area contributed by atoms with Crippen LogP contribution in [0.15, 0.2) is 40.5 Å². The summed E-state index contributed by atoms with van der Waals surface area (Å²) in [5.41, 5.74) is 7.17. The summed E-state index contributed by atoms with van der Waals surface area (Å²) < 4.78 is 0. The van der Waals surface area contributed by atoms with E-state index in [0.717, 1.165) is 39.0 Å². The van der Waals surface area contributed by atoms with Crippen LogP contribution in [0.3, 0.4) is 0 Å². The molecule has 0 amide bonds. The molecule has 5 atom stereocenters. The van der Waals surface area contributed by atoms with E-state index < -0.39 is 11.5 Å². The fraction of sp³-hybridized carbons (Fsp3) is 0.545. The van der Waals surface area contributed by atoms with Crippen molar-refractivity contribution in [3.8, 4) is 0 Å². The maximum absolute atomic E-state index is 14.3. The lowest BCUT2D eigenvalue weighted by Crippen LogP contribution is -2.55. The van der Waals surface area contributed by atoms with Crippen molar-refractivity contribution in [1.29, 1.82) is 0 Å². The first-order valence-corrected chi connectivity index (χ1v) is 13.6. The number of carbonyl (C=O) groups is 3. The Hall–Kier alpha value is -2.59. The van der Waals surface area contributed by atoms with Gasteiger partial charge in [-0.05, 0) is 87.6 Å². The van der Waals surface area contributed by atoms with Gasteiger partial charge >= 0.3 is 0 Å².